The topological polar surface area (TPSA) is 81.8 Å². The Morgan fingerprint density at radius 1 is 1.29 bits per heavy atom. The molecule has 114 valence electrons. The highest BCUT2D eigenvalue weighted by molar-refractivity contribution is 5.89. The third kappa shape index (κ3) is 2.55. The van der Waals surface area contributed by atoms with Crippen LogP contribution in [-0.2, 0) is 19.9 Å². The summed E-state index contributed by atoms with van der Waals surface area (Å²) in [5.41, 5.74) is 1.35. The number of imidazole rings is 1. The maximum absolute atomic E-state index is 12.3. The number of nitrogens with zero attached hydrogens (tertiary/aromatic N) is 4. The van der Waals surface area contributed by atoms with Gasteiger partial charge in [0, 0.05) is 20.5 Å². The first-order valence-electron chi connectivity index (χ1n) is 7.24. The lowest BCUT2D eigenvalue weighted by molar-refractivity contribution is 0.244. The third-order valence-corrected chi connectivity index (χ3v) is 3.51. The SMILES string of the molecule is CCCCc1nc(CC)c2c(n1)n(C)c(=O)n2C(=O)NC. The summed E-state index contributed by atoms with van der Waals surface area (Å²) in [6.45, 7) is 4.06. The molecule has 0 aliphatic rings. The molecule has 0 unspecified atom stereocenters. The molecule has 0 aliphatic carbocycles. The van der Waals surface area contributed by atoms with Crippen LogP contribution in [0.2, 0.25) is 0 Å². The number of unbranched alkanes of at least 4 members (excludes halogenated alkanes) is 1. The Kier molecular flexibility index (Phi) is 4.40. The molecule has 0 radical (unpaired) electrons. The van der Waals surface area contributed by atoms with Crippen LogP contribution in [0, 0.1) is 0 Å². The molecule has 1 amide bonds. The Balaban J connectivity index is 2.75. The molecule has 0 saturated heterocycles. The van der Waals surface area contributed by atoms with E-state index in [4.69, 9.17) is 0 Å². The molecular formula is C14H21N5O2. The summed E-state index contributed by atoms with van der Waals surface area (Å²) in [7, 11) is 3.12. The van der Waals surface area contributed by atoms with Crippen LogP contribution >= 0.6 is 0 Å². The van der Waals surface area contributed by atoms with E-state index in [0.717, 1.165) is 35.3 Å². The van der Waals surface area contributed by atoms with Gasteiger partial charge in [0.1, 0.15) is 11.3 Å². The minimum Gasteiger partial charge on any atom is -0.340 e. The van der Waals surface area contributed by atoms with Gasteiger partial charge < -0.3 is 5.32 Å². The van der Waals surface area contributed by atoms with Crippen LogP contribution in [0.5, 0.6) is 0 Å². The molecule has 0 saturated carbocycles. The zero-order valence-corrected chi connectivity index (χ0v) is 12.9. The van der Waals surface area contributed by atoms with E-state index in [1.165, 1.54) is 11.6 Å². The fourth-order valence-electron chi connectivity index (χ4n) is 2.33. The summed E-state index contributed by atoms with van der Waals surface area (Å²) in [5, 5.41) is 2.48. The predicted octanol–water partition coefficient (Wildman–Crippen LogP) is 1.22. The Bertz CT molecular complexity index is 729. The molecule has 0 aliphatic heterocycles. The number of hydrogen-bond donors (Lipinski definition) is 1. The van der Waals surface area contributed by atoms with Crippen molar-refractivity contribution in [2.24, 2.45) is 7.05 Å². The maximum Gasteiger partial charge on any atom is 0.338 e. The van der Waals surface area contributed by atoms with Crippen molar-refractivity contribution in [1.29, 1.82) is 0 Å². The first-order chi connectivity index (χ1) is 10.0. The van der Waals surface area contributed by atoms with Crippen LogP contribution in [0.4, 0.5) is 4.79 Å². The van der Waals surface area contributed by atoms with E-state index in [-0.39, 0.29) is 0 Å². The van der Waals surface area contributed by atoms with Gasteiger partial charge in [-0.25, -0.2) is 24.1 Å². The first-order valence-corrected chi connectivity index (χ1v) is 7.24. The number of aromatic nitrogens is 4. The second kappa shape index (κ2) is 6.07. The highest BCUT2D eigenvalue weighted by atomic mass is 16.2. The molecule has 0 aromatic carbocycles. The fraction of sp³-hybridized carbons (Fsp3) is 0.571. The van der Waals surface area contributed by atoms with E-state index in [2.05, 4.69) is 22.2 Å². The van der Waals surface area contributed by atoms with Crippen LogP contribution < -0.4 is 11.0 Å². The smallest absolute Gasteiger partial charge is 0.338 e. The number of aryl methyl sites for hydroxylation is 3. The van der Waals surface area contributed by atoms with Crippen LogP contribution in [0.1, 0.15) is 38.2 Å². The van der Waals surface area contributed by atoms with E-state index < -0.39 is 11.7 Å². The molecule has 2 heterocycles. The number of hydrogen-bond acceptors (Lipinski definition) is 4. The van der Waals surface area contributed by atoms with Crippen molar-refractivity contribution in [3.8, 4) is 0 Å². The van der Waals surface area contributed by atoms with Crippen molar-refractivity contribution in [2.45, 2.75) is 39.5 Å². The van der Waals surface area contributed by atoms with Gasteiger partial charge in [-0.05, 0) is 12.8 Å². The molecule has 2 aromatic heterocycles. The fourth-order valence-corrected chi connectivity index (χ4v) is 2.33. The second-order valence-corrected chi connectivity index (χ2v) is 4.95. The van der Waals surface area contributed by atoms with Crippen molar-refractivity contribution in [2.75, 3.05) is 7.05 Å². The highest BCUT2D eigenvalue weighted by Gasteiger charge is 2.21. The predicted molar refractivity (Wildman–Crippen MR) is 80.6 cm³/mol. The summed E-state index contributed by atoms with van der Waals surface area (Å²) in [5.74, 6) is 0.728. The molecule has 0 spiro atoms. The largest absolute Gasteiger partial charge is 0.340 e. The van der Waals surface area contributed by atoms with Gasteiger partial charge in [-0.3, -0.25) is 4.57 Å². The number of rotatable bonds is 4. The zero-order valence-electron chi connectivity index (χ0n) is 12.9. The zero-order chi connectivity index (χ0) is 15.6. The monoisotopic (exact) mass is 291 g/mol. The van der Waals surface area contributed by atoms with Crippen LogP contribution in [0.3, 0.4) is 0 Å². The molecule has 0 atom stereocenters. The number of nitrogens with one attached hydrogen (secondary N) is 1. The van der Waals surface area contributed by atoms with Gasteiger partial charge >= 0.3 is 11.7 Å². The Labute approximate surface area is 123 Å². The normalized spacial score (nSPS) is 11.0. The quantitative estimate of drug-likeness (QED) is 0.918. The lowest BCUT2D eigenvalue weighted by atomic mass is 10.2. The molecule has 21 heavy (non-hydrogen) atoms. The van der Waals surface area contributed by atoms with Gasteiger partial charge in [0.15, 0.2) is 5.65 Å². The highest BCUT2D eigenvalue weighted by Crippen LogP contribution is 2.16. The van der Waals surface area contributed by atoms with Gasteiger partial charge in [0.05, 0.1) is 5.69 Å². The Morgan fingerprint density at radius 3 is 2.57 bits per heavy atom. The van der Waals surface area contributed by atoms with E-state index in [1.807, 2.05) is 6.92 Å². The average molecular weight is 291 g/mol. The molecule has 7 heteroatoms. The molecule has 0 fully saturated rings. The van der Waals surface area contributed by atoms with Crippen molar-refractivity contribution in [1.82, 2.24) is 24.4 Å². The van der Waals surface area contributed by atoms with Gasteiger partial charge in [-0.1, -0.05) is 20.3 Å². The lowest BCUT2D eigenvalue weighted by Crippen LogP contribution is -2.34. The number of amides is 1. The van der Waals surface area contributed by atoms with E-state index in [1.54, 1.807) is 7.05 Å². The second-order valence-electron chi connectivity index (χ2n) is 4.95. The average Bonchev–Trinajstić information content (AvgIpc) is 2.76. The van der Waals surface area contributed by atoms with Gasteiger partial charge in [0.2, 0.25) is 0 Å². The molecule has 2 aromatic rings. The molecule has 1 N–H and O–H groups in total. The first kappa shape index (κ1) is 15.2. The van der Waals surface area contributed by atoms with Crippen molar-refractivity contribution in [3.05, 3.63) is 22.0 Å². The Morgan fingerprint density at radius 2 is 2.00 bits per heavy atom. The van der Waals surface area contributed by atoms with Gasteiger partial charge in [0.25, 0.3) is 0 Å². The molecule has 0 bridgehead atoms. The van der Waals surface area contributed by atoms with Crippen molar-refractivity contribution >= 4 is 17.2 Å². The van der Waals surface area contributed by atoms with Crippen LogP contribution in [0.25, 0.3) is 11.2 Å². The number of carbonyl (C=O) groups is 1. The summed E-state index contributed by atoms with van der Waals surface area (Å²) < 4.78 is 2.51. The summed E-state index contributed by atoms with van der Waals surface area (Å²) in [4.78, 5) is 33.2. The van der Waals surface area contributed by atoms with Gasteiger partial charge in [-0.2, -0.15) is 0 Å². The van der Waals surface area contributed by atoms with E-state index >= 15 is 0 Å². The summed E-state index contributed by atoms with van der Waals surface area (Å²) in [6.07, 6.45) is 3.47. The molecule has 7 nitrogen and oxygen atoms in total. The molecule has 2 rings (SSSR count). The number of fused-ring (bicyclic) bond motifs is 1. The molecular weight excluding hydrogens is 270 g/mol. The third-order valence-electron chi connectivity index (χ3n) is 3.51. The van der Waals surface area contributed by atoms with Crippen LogP contribution in [0.15, 0.2) is 4.79 Å². The maximum atomic E-state index is 12.3. The summed E-state index contributed by atoms with van der Waals surface area (Å²) >= 11 is 0. The Hall–Kier alpha value is -2.18. The standard InChI is InChI=1S/C14H21N5O2/c1-5-7-8-10-16-9(6-2)11-12(17-10)18(4)14(21)19(11)13(20)15-3/h5-8H2,1-4H3,(H,15,20). The van der Waals surface area contributed by atoms with Crippen molar-refractivity contribution < 1.29 is 4.79 Å². The van der Waals surface area contributed by atoms with E-state index in [9.17, 15) is 9.59 Å². The lowest BCUT2D eigenvalue weighted by Gasteiger charge is -2.06. The minimum absolute atomic E-state index is 0.402. The van der Waals surface area contributed by atoms with E-state index in [0.29, 0.717) is 17.6 Å². The summed E-state index contributed by atoms with van der Waals surface area (Å²) in [6, 6.07) is -0.467. The minimum atomic E-state index is -0.467. The number of carbonyl (C=O) groups excluding carboxylic acids is 1. The van der Waals surface area contributed by atoms with Crippen molar-refractivity contribution in [3.63, 3.8) is 0 Å². The van der Waals surface area contributed by atoms with Crippen LogP contribution in [-0.4, -0.2) is 32.2 Å². The van der Waals surface area contributed by atoms with Gasteiger partial charge in [-0.15, -0.1) is 0 Å².